The molecule has 0 radical (unpaired) electrons. The van der Waals surface area contributed by atoms with Gasteiger partial charge in [0.2, 0.25) is 5.78 Å². The van der Waals surface area contributed by atoms with E-state index >= 15 is 0 Å². The molecule has 0 bridgehead atoms. The molecule has 2 N–H and O–H groups in total. The Morgan fingerprint density at radius 3 is 2.53 bits per heavy atom. The van der Waals surface area contributed by atoms with Gasteiger partial charge >= 0.3 is 0 Å². The van der Waals surface area contributed by atoms with E-state index in [0.29, 0.717) is 21.9 Å². The lowest BCUT2D eigenvalue weighted by Gasteiger charge is -2.09. The summed E-state index contributed by atoms with van der Waals surface area (Å²) in [5.74, 6) is 0.541. The van der Waals surface area contributed by atoms with Gasteiger partial charge in [-0.15, -0.1) is 11.3 Å². The van der Waals surface area contributed by atoms with Crippen LogP contribution in [0.3, 0.4) is 0 Å². The highest BCUT2D eigenvalue weighted by molar-refractivity contribution is 7.21. The first-order chi connectivity index (χ1) is 15.5. The van der Waals surface area contributed by atoms with Gasteiger partial charge in [0, 0.05) is 15.6 Å². The number of aromatic hydroxyl groups is 1. The number of fused-ring (bicyclic) bond motifs is 1. The molecule has 0 amide bonds. The van der Waals surface area contributed by atoms with Crippen LogP contribution in [0.1, 0.15) is 34.1 Å². The second-order valence-electron chi connectivity index (χ2n) is 7.48. The molecule has 0 fully saturated rings. The third kappa shape index (κ3) is 4.98. The van der Waals surface area contributed by atoms with E-state index in [9.17, 15) is 14.3 Å². The lowest BCUT2D eigenvalue weighted by molar-refractivity contribution is 0.104. The van der Waals surface area contributed by atoms with Crippen LogP contribution >= 0.6 is 11.3 Å². The van der Waals surface area contributed by atoms with Crippen LogP contribution in [0, 0.1) is 5.82 Å². The predicted molar refractivity (Wildman–Crippen MR) is 127 cm³/mol. The third-order valence-corrected chi connectivity index (χ3v) is 6.29. The number of ether oxygens (including phenoxy) is 1. The van der Waals surface area contributed by atoms with Crippen LogP contribution in [0.4, 0.5) is 4.39 Å². The normalized spacial score (nSPS) is 11.1. The average molecular weight is 450 g/mol. The molecule has 0 spiro atoms. The molecule has 3 aromatic carbocycles. The fourth-order valence-electron chi connectivity index (χ4n) is 3.48. The Balaban J connectivity index is 1.63. The number of halogens is 1. The van der Waals surface area contributed by atoms with Crippen molar-refractivity contribution >= 4 is 27.2 Å². The number of phenols is 1. The molecule has 6 heteroatoms. The van der Waals surface area contributed by atoms with E-state index in [2.05, 4.69) is 12.2 Å². The first kappa shape index (κ1) is 22.0. The minimum atomic E-state index is -0.398. The van der Waals surface area contributed by atoms with E-state index in [1.807, 2.05) is 24.3 Å². The Morgan fingerprint density at radius 1 is 1.06 bits per heavy atom. The van der Waals surface area contributed by atoms with Crippen LogP contribution in [0.25, 0.3) is 10.1 Å². The molecule has 1 heterocycles. The van der Waals surface area contributed by atoms with Crippen LogP contribution in [-0.4, -0.2) is 24.0 Å². The van der Waals surface area contributed by atoms with Gasteiger partial charge in [0.1, 0.15) is 22.2 Å². The van der Waals surface area contributed by atoms with Crippen molar-refractivity contribution in [2.75, 3.05) is 13.1 Å². The summed E-state index contributed by atoms with van der Waals surface area (Å²) in [4.78, 5) is 13.6. The number of rotatable bonds is 9. The SMILES string of the molecule is CCNCCCc1ccc(Oc2c(C(=O)c3ccc(F)cc3)sc3cc(O)ccc23)cc1. The number of aryl methyl sites for hydroxylation is 1. The lowest BCUT2D eigenvalue weighted by atomic mass is 10.1. The second-order valence-corrected chi connectivity index (χ2v) is 8.53. The minimum absolute atomic E-state index is 0.119. The fourth-order valence-corrected chi connectivity index (χ4v) is 4.61. The molecular formula is C26H24FNO3S. The Hall–Kier alpha value is -3.22. The van der Waals surface area contributed by atoms with E-state index in [4.69, 9.17) is 4.74 Å². The standard InChI is InChI=1S/C26H24FNO3S/c1-2-28-15-3-4-17-5-12-21(13-6-17)31-25-22-14-11-20(29)16-23(22)32-26(25)24(30)18-7-9-19(27)10-8-18/h5-14,16,28-29H,2-4,15H2,1H3. The monoisotopic (exact) mass is 449 g/mol. The number of ketones is 1. The van der Waals surface area contributed by atoms with E-state index in [0.717, 1.165) is 36.0 Å². The molecule has 164 valence electrons. The molecule has 0 atom stereocenters. The quantitative estimate of drug-likeness (QED) is 0.232. The van der Waals surface area contributed by atoms with Gasteiger partial charge in [0.25, 0.3) is 0 Å². The van der Waals surface area contributed by atoms with E-state index in [-0.39, 0.29) is 11.5 Å². The summed E-state index contributed by atoms with van der Waals surface area (Å²) in [6, 6.07) is 18.3. The van der Waals surface area contributed by atoms with Crippen LogP contribution < -0.4 is 10.1 Å². The van der Waals surface area contributed by atoms with Gasteiger partial charge in [-0.05, 0) is 86.1 Å². The number of thiophene rings is 1. The van der Waals surface area contributed by atoms with Crippen LogP contribution in [0.15, 0.2) is 66.7 Å². The van der Waals surface area contributed by atoms with Crippen molar-refractivity contribution in [3.63, 3.8) is 0 Å². The van der Waals surface area contributed by atoms with Gasteiger partial charge < -0.3 is 15.2 Å². The molecule has 4 rings (SSSR count). The van der Waals surface area contributed by atoms with Gasteiger partial charge in [0.05, 0.1) is 0 Å². The zero-order valence-electron chi connectivity index (χ0n) is 17.7. The molecule has 4 aromatic rings. The maximum absolute atomic E-state index is 13.3. The highest BCUT2D eigenvalue weighted by Gasteiger charge is 2.22. The molecule has 0 aliphatic carbocycles. The molecule has 0 saturated heterocycles. The summed E-state index contributed by atoms with van der Waals surface area (Å²) in [5, 5.41) is 13.9. The van der Waals surface area contributed by atoms with Crippen molar-refractivity contribution in [2.45, 2.75) is 19.8 Å². The van der Waals surface area contributed by atoms with Crippen molar-refractivity contribution in [2.24, 2.45) is 0 Å². The highest BCUT2D eigenvalue weighted by Crippen LogP contribution is 2.42. The van der Waals surface area contributed by atoms with Crippen LogP contribution in [0.5, 0.6) is 17.2 Å². The van der Waals surface area contributed by atoms with Crippen molar-refractivity contribution in [1.29, 1.82) is 0 Å². The summed E-state index contributed by atoms with van der Waals surface area (Å²) >= 11 is 1.25. The van der Waals surface area contributed by atoms with Crippen molar-refractivity contribution in [3.8, 4) is 17.2 Å². The van der Waals surface area contributed by atoms with Gasteiger partial charge in [-0.1, -0.05) is 19.1 Å². The summed E-state index contributed by atoms with van der Waals surface area (Å²) in [6.45, 7) is 4.05. The Kier molecular flexibility index (Phi) is 6.83. The molecule has 4 nitrogen and oxygen atoms in total. The number of carbonyl (C=O) groups excluding carboxylic acids is 1. The van der Waals surface area contributed by atoms with Crippen molar-refractivity contribution in [1.82, 2.24) is 5.32 Å². The number of benzene rings is 3. The molecule has 32 heavy (non-hydrogen) atoms. The van der Waals surface area contributed by atoms with Gasteiger partial charge in [-0.2, -0.15) is 0 Å². The Bertz CT molecular complexity index is 1220. The van der Waals surface area contributed by atoms with Gasteiger partial charge in [-0.25, -0.2) is 4.39 Å². The average Bonchev–Trinajstić information content (AvgIpc) is 3.15. The first-order valence-electron chi connectivity index (χ1n) is 10.6. The maximum Gasteiger partial charge on any atom is 0.206 e. The fraction of sp³-hybridized carbons (Fsp3) is 0.192. The summed E-state index contributed by atoms with van der Waals surface area (Å²) in [7, 11) is 0. The summed E-state index contributed by atoms with van der Waals surface area (Å²) < 4.78 is 20.2. The second kappa shape index (κ2) is 9.94. The first-order valence-corrected chi connectivity index (χ1v) is 11.4. The van der Waals surface area contributed by atoms with E-state index in [1.54, 1.807) is 18.2 Å². The number of phenolic OH excluding ortho intramolecular Hbond substituents is 1. The molecule has 0 aliphatic heterocycles. The smallest absolute Gasteiger partial charge is 0.206 e. The highest BCUT2D eigenvalue weighted by atomic mass is 32.1. The van der Waals surface area contributed by atoms with Crippen LogP contribution in [-0.2, 0) is 6.42 Å². The van der Waals surface area contributed by atoms with Crippen molar-refractivity contribution < 1.29 is 19.0 Å². The molecule has 0 unspecified atom stereocenters. The number of nitrogens with one attached hydrogen (secondary N) is 1. The van der Waals surface area contributed by atoms with Gasteiger partial charge in [0.15, 0.2) is 5.75 Å². The van der Waals surface area contributed by atoms with Crippen LogP contribution in [0.2, 0.25) is 0 Å². The molecule has 0 aliphatic rings. The summed E-state index contributed by atoms with van der Waals surface area (Å²) in [6.07, 6.45) is 2.03. The largest absolute Gasteiger partial charge is 0.508 e. The zero-order chi connectivity index (χ0) is 22.5. The molecule has 1 aromatic heterocycles. The number of hydrogen-bond donors (Lipinski definition) is 2. The zero-order valence-corrected chi connectivity index (χ0v) is 18.5. The lowest BCUT2D eigenvalue weighted by Crippen LogP contribution is -2.14. The molecule has 0 saturated carbocycles. The van der Waals surface area contributed by atoms with E-state index < -0.39 is 5.82 Å². The van der Waals surface area contributed by atoms with Gasteiger partial charge in [-0.3, -0.25) is 4.79 Å². The maximum atomic E-state index is 13.3. The van der Waals surface area contributed by atoms with E-state index in [1.165, 1.54) is 41.2 Å². The Labute approximate surface area is 190 Å². The topological polar surface area (TPSA) is 58.6 Å². The number of carbonyl (C=O) groups is 1. The Morgan fingerprint density at radius 2 is 1.81 bits per heavy atom. The minimum Gasteiger partial charge on any atom is -0.508 e. The molecular weight excluding hydrogens is 425 g/mol. The summed E-state index contributed by atoms with van der Waals surface area (Å²) in [5.41, 5.74) is 1.60. The number of hydrogen-bond acceptors (Lipinski definition) is 5. The predicted octanol–water partition coefficient (Wildman–Crippen LogP) is 6.31. The van der Waals surface area contributed by atoms with Crippen molar-refractivity contribution in [3.05, 3.63) is 88.6 Å². The third-order valence-electron chi connectivity index (χ3n) is 5.15.